The third kappa shape index (κ3) is 2.49. The van der Waals surface area contributed by atoms with Crippen LogP contribution in [0, 0.1) is 0 Å². The largest absolute Gasteiger partial charge is 0.497 e. The number of nitrogens with zero attached hydrogens (tertiary/aromatic N) is 2. The molecule has 0 spiro atoms. The smallest absolute Gasteiger partial charge is 0.120 e. The molecule has 0 radical (unpaired) electrons. The fraction of sp³-hybridized carbons (Fsp3) is 0.400. The maximum absolute atomic E-state index is 5.29. The monoisotopic (exact) mass is 257 g/mol. The van der Waals surface area contributed by atoms with Crippen LogP contribution in [0.3, 0.4) is 0 Å². The SMILES string of the molecule is COc1cccc(-n2cncc2C2CCCCN2)c1. The number of ether oxygens (including phenoxy) is 1. The minimum Gasteiger partial charge on any atom is -0.497 e. The zero-order valence-electron chi connectivity index (χ0n) is 11.2. The van der Waals surface area contributed by atoms with Crippen molar-refractivity contribution in [1.29, 1.82) is 0 Å². The molecule has 4 nitrogen and oxygen atoms in total. The lowest BCUT2D eigenvalue weighted by Gasteiger charge is -2.24. The molecule has 19 heavy (non-hydrogen) atoms. The van der Waals surface area contributed by atoms with Gasteiger partial charge >= 0.3 is 0 Å². The van der Waals surface area contributed by atoms with Gasteiger partial charge in [-0.25, -0.2) is 4.98 Å². The summed E-state index contributed by atoms with van der Waals surface area (Å²) in [5.41, 5.74) is 2.33. The number of imidazole rings is 1. The molecule has 1 saturated heterocycles. The lowest BCUT2D eigenvalue weighted by Crippen LogP contribution is -2.28. The number of methoxy groups -OCH3 is 1. The van der Waals surface area contributed by atoms with Crippen LogP contribution in [-0.2, 0) is 0 Å². The maximum Gasteiger partial charge on any atom is 0.120 e. The molecule has 0 amide bonds. The Kier molecular flexibility index (Phi) is 3.51. The van der Waals surface area contributed by atoms with Crippen LogP contribution in [0.1, 0.15) is 31.0 Å². The standard InChI is InChI=1S/C15H19N3O/c1-19-13-6-4-5-12(9-13)18-11-16-10-15(18)14-7-2-3-8-17-14/h4-6,9-11,14,17H,2-3,7-8H2,1H3. The predicted molar refractivity (Wildman–Crippen MR) is 74.7 cm³/mol. The first-order chi connectivity index (χ1) is 9.38. The van der Waals surface area contributed by atoms with Gasteiger partial charge in [0.2, 0.25) is 0 Å². The molecule has 0 bridgehead atoms. The van der Waals surface area contributed by atoms with Gasteiger partial charge in [0.25, 0.3) is 0 Å². The van der Waals surface area contributed by atoms with Gasteiger partial charge in [-0.15, -0.1) is 0 Å². The summed E-state index contributed by atoms with van der Waals surface area (Å²) in [6.45, 7) is 1.09. The van der Waals surface area contributed by atoms with Gasteiger partial charge in [-0.05, 0) is 31.5 Å². The van der Waals surface area contributed by atoms with Crippen LogP contribution in [0.25, 0.3) is 5.69 Å². The molecule has 0 aliphatic carbocycles. The molecule has 1 aliphatic rings. The van der Waals surface area contributed by atoms with E-state index in [2.05, 4.69) is 20.9 Å². The van der Waals surface area contributed by atoms with E-state index < -0.39 is 0 Å². The van der Waals surface area contributed by atoms with Gasteiger partial charge in [-0.2, -0.15) is 0 Å². The number of piperidine rings is 1. The molecule has 1 unspecified atom stereocenters. The number of rotatable bonds is 3. The van der Waals surface area contributed by atoms with E-state index in [1.165, 1.54) is 25.0 Å². The summed E-state index contributed by atoms with van der Waals surface area (Å²) in [6, 6.07) is 8.48. The van der Waals surface area contributed by atoms with Gasteiger partial charge in [-0.1, -0.05) is 12.5 Å². The first-order valence-electron chi connectivity index (χ1n) is 6.78. The number of hydrogen-bond acceptors (Lipinski definition) is 3. The molecule has 100 valence electrons. The van der Waals surface area contributed by atoms with Crippen molar-refractivity contribution in [1.82, 2.24) is 14.9 Å². The van der Waals surface area contributed by atoms with Crippen molar-refractivity contribution >= 4 is 0 Å². The summed E-state index contributed by atoms with van der Waals surface area (Å²) in [4.78, 5) is 4.31. The average Bonchev–Trinajstić information content (AvgIpc) is 2.98. The first-order valence-corrected chi connectivity index (χ1v) is 6.78. The van der Waals surface area contributed by atoms with Crippen molar-refractivity contribution in [2.75, 3.05) is 13.7 Å². The van der Waals surface area contributed by atoms with Gasteiger partial charge < -0.3 is 14.6 Å². The van der Waals surface area contributed by atoms with E-state index in [1.807, 2.05) is 30.7 Å². The molecule has 1 atom stereocenters. The summed E-state index contributed by atoms with van der Waals surface area (Å²) in [6.07, 6.45) is 7.56. The second-order valence-electron chi connectivity index (χ2n) is 4.89. The molecule has 4 heteroatoms. The average molecular weight is 257 g/mol. The van der Waals surface area contributed by atoms with Crippen molar-refractivity contribution in [3.8, 4) is 11.4 Å². The second-order valence-corrected chi connectivity index (χ2v) is 4.89. The van der Waals surface area contributed by atoms with Gasteiger partial charge in [0, 0.05) is 12.1 Å². The number of benzene rings is 1. The highest BCUT2D eigenvalue weighted by atomic mass is 16.5. The summed E-state index contributed by atoms with van der Waals surface area (Å²) in [5, 5.41) is 3.57. The minimum atomic E-state index is 0.405. The topological polar surface area (TPSA) is 39.1 Å². The minimum absolute atomic E-state index is 0.405. The van der Waals surface area contributed by atoms with E-state index >= 15 is 0 Å². The molecule has 1 N–H and O–H groups in total. The van der Waals surface area contributed by atoms with Crippen LogP contribution in [0.15, 0.2) is 36.8 Å². The second kappa shape index (κ2) is 5.45. The van der Waals surface area contributed by atoms with Gasteiger partial charge in [0.15, 0.2) is 0 Å². The number of hydrogen-bond donors (Lipinski definition) is 1. The molecule has 2 heterocycles. The Labute approximate surface area is 113 Å². The third-order valence-corrected chi connectivity index (χ3v) is 3.67. The van der Waals surface area contributed by atoms with E-state index in [0.717, 1.165) is 18.0 Å². The van der Waals surface area contributed by atoms with Crippen molar-refractivity contribution in [3.05, 3.63) is 42.5 Å². The molecular weight excluding hydrogens is 238 g/mol. The van der Waals surface area contributed by atoms with Crippen molar-refractivity contribution in [2.45, 2.75) is 25.3 Å². The Morgan fingerprint density at radius 2 is 2.32 bits per heavy atom. The van der Waals surface area contributed by atoms with Crippen LogP contribution in [0.4, 0.5) is 0 Å². The summed E-state index contributed by atoms with van der Waals surface area (Å²) in [5.74, 6) is 0.869. The highest BCUT2D eigenvalue weighted by Gasteiger charge is 2.19. The van der Waals surface area contributed by atoms with Crippen LogP contribution in [0.2, 0.25) is 0 Å². The molecule has 3 rings (SSSR count). The highest BCUT2D eigenvalue weighted by Crippen LogP contribution is 2.26. The van der Waals surface area contributed by atoms with Crippen LogP contribution in [-0.4, -0.2) is 23.2 Å². The van der Waals surface area contributed by atoms with Gasteiger partial charge in [-0.3, -0.25) is 0 Å². The fourth-order valence-electron chi connectivity index (χ4n) is 2.64. The number of aromatic nitrogens is 2. The Hall–Kier alpha value is -1.81. The lowest BCUT2D eigenvalue weighted by atomic mass is 10.0. The third-order valence-electron chi connectivity index (χ3n) is 3.67. The normalized spacial score (nSPS) is 19.3. The molecule has 0 saturated carbocycles. The van der Waals surface area contributed by atoms with Crippen LogP contribution in [0.5, 0.6) is 5.75 Å². The van der Waals surface area contributed by atoms with Gasteiger partial charge in [0.1, 0.15) is 5.75 Å². The predicted octanol–water partition coefficient (Wildman–Crippen LogP) is 2.70. The van der Waals surface area contributed by atoms with E-state index in [0.29, 0.717) is 6.04 Å². The Morgan fingerprint density at radius 3 is 3.11 bits per heavy atom. The molecule has 1 fully saturated rings. The Balaban J connectivity index is 1.94. The quantitative estimate of drug-likeness (QED) is 0.919. The summed E-state index contributed by atoms with van der Waals surface area (Å²) in [7, 11) is 1.69. The Bertz CT molecular complexity index is 544. The fourth-order valence-corrected chi connectivity index (χ4v) is 2.64. The molecule has 2 aromatic rings. The summed E-state index contributed by atoms with van der Waals surface area (Å²) < 4.78 is 7.43. The zero-order chi connectivity index (χ0) is 13.1. The summed E-state index contributed by atoms with van der Waals surface area (Å²) >= 11 is 0. The maximum atomic E-state index is 5.29. The van der Waals surface area contributed by atoms with Gasteiger partial charge in [0.05, 0.1) is 31.0 Å². The van der Waals surface area contributed by atoms with Crippen LogP contribution >= 0.6 is 0 Å². The molecule has 1 aromatic heterocycles. The molecular formula is C15H19N3O. The van der Waals surface area contributed by atoms with Crippen LogP contribution < -0.4 is 10.1 Å². The van der Waals surface area contributed by atoms with E-state index in [9.17, 15) is 0 Å². The van der Waals surface area contributed by atoms with E-state index in [1.54, 1.807) is 7.11 Å². The first kappa shape index (κ1) is 12.2. The number of nitrogens with one attached hydrogen (secondary N) is 1. The highest BCUT2D eigenvalue weighted by molar-refractivity contribution is 5.40. The Morgan fingerprint density at radius 1 is 1.37 bits per heavy atom. The van der Waals surface area contributed by atoms with Crippen molar-refractivity contribution in [3.63, 3.8) is 0 Å². The van der Waals surface area contributed by atoms with E-state index in [4.69, 9.17) is 4.74 Å². The zero-order valence-corrected chi connectivity index (χ0v) is 11.2. The molecule has 1 aliphatic heterocycles. The van der Waals surface area contributed by atoms with E-state index in [-0.39, 0.29) is 0 Å². The van der Waals surface area contributed by atoms with Crippen molar-refractivity contribution in [2.24, 2.45) is 0 Å². The lowest BCUT2D eigenvalue weighted by molar-refractivity contribution is 0.401. The molecule has 1 aromatic carbocycles. The van der Waals surface area contributed by atoms with Crippen molar-refractivity contribution < 1.29 is 4.74 Å².